The third kappa shape index (κ3) is 11.9. The normalized spacial score (nSPS) is 9.89. The Morgan fingerprint density at radius 2 is 2.00 bits per heavy atom. The summed E-state index contributed by atoms with van der Waals surface area (Å²) in [7, 11) is 0. The van der Waals surface area contributed by atoms with Crippen LogP contribution in [-0.2, 0) is 4.79 Å². The van der Waals surface area contributed by atoms with Crippen molar-refractivity contribution in [2.45, 2.75) is 6.92 Å². The zero-order valence-corrected chi connectivity index (χ0v) is 8.79. The Morgan fingerprint density at radius 3 is 2.33 bits per heavy atom. The van der Waals surface area contributed by atoms with Crippen LogP contribution in [0.5, 0.6) is 0 Å². The molecule has 0 fully saturated rings. The van der Waals surface area contributed by atoms with Crippen LogP contribution in [0.4, 0.5) is 0 Å². The second kappa shape index (κ2) is 8.59. The second-order valence-corrected chi connectivity index (χ2v) is 1.22. The minimum absolute atomic E-state index is 0. The van der Waals surface area contributed by atoms with Gasteiger partial charge < -0.3 is 5.11 Å². The van der Waals surface area contributed by atoms with Crippen LogP contribution in [0.2, 0.25) is 0 Å². The molecule has 0 aliphatic heterocycles. The Balaban J connectivity index is 0. The third-order valence-corrected chi connectivity index (χ3v) is 0.542. The maximum absolute atomic E-state index is 9.75. The molecule has 0 atom stereocenters. The molecule has 0 heterocycles. The molecule has 9 heavy (non-hydrogen) atoms. The largest absolute Gasteiger partial charge is 0.478 e. The predicted octanol–water partition coefficient (Wildman–Crippen LogP) is 0.823. The van der Waals surface area contributed by atoms with Crippen LogP contribution in [0.15, 0.2) is 24.3 Å². The molecule has 0 amide bonds. The quantitative estimate of drug-likeness (QED) is 0.360. The third-order valence-electron chi connectivity index (χ3n) is 0.542. The Bertz CT molecular complexity index is 127. The first-order valence-electron chi connectivity index (χ1n) is 2.29. The molecule has 0 aromatic heterocycles. The molecule has 0 aromatic carbocycles. The van der Waals surface area contributed by atoms with Gasteiger partial charge in [-0.15, -0.1) is 0 Å². The Hall–Kier alpha value is 0.586. The van der Waals surface area contributed by atoms with Crippen molar-refractivity contribution in [3.05, 3.63) is 24.3 Å². The Labute approximate surface area is 97.1 Å². The van der Waals surface area contributed by atoms with Crippen LogP contribution in [-0.4, -0.2) is 62.5 Å². The summed E-state index contributed by atoms with van der Waals surface area (Å²) in [5.41, 5.74) is 0. The summed E-state index contributed by atoms with van der Waals surface area (Å²) in [6.07, 6.45) is 5.98. The maximum Gasteiger partial charge on any atom is 0.328 e. The maximum atomic E-state index is 9.75. The first-order chi connectivity index (χ1) is 3.77. The smallest absolute Gasteiger partial charge is 0.328 e. The zero-order chi connectivity index (χ0) is 6.41. The van der Waals surface area contributed by atoms with Gasteiger partial charge in [0.05, 0.1) is 0 Å². The molecule has 1 radical (unpaired) electrons. The van der Waals surface area contributed by atoms with Gasteiger partial charge in [-0.05, 0) is 6.92 Å². The molecular weight excluding hydrogens is 143 g/mol. The van der Waals surface area contributed by atoms with Crippen molar-refractivity contribution in [1.82, 2.24) is 0 Å². The number of carboxylic acid groups (broad SMARTS) is 1. The van der Waals surface area contributed by atoms with Gasteiger partial charge in [-0.1, -0.05) is 18.2 Å². The molecule has 0 aliphatic rings. The van der Waals surface area contributed by atoms with Crippen LogP contribution >= 0.6 is 0 Å². The summed E-state index contributed by atoms with van der Waals surface area (Å²) in [4.78, 5) is 9.75. The van der Waals surface area contributed by atoms with Gasteiger partial charge in [0, 0.05) is 57.5 Å². The fraction of sp³-hybridized carbons (Fsp3) is 0.167. The molecule has 0 rings (SSSR count). The van der Waals surface area contributed by atoms with Gasteiger partial charge in [0.25, 0.3) is 0 Å². The first-order valence-corrected chi connectivity index (χ1v) is 2.29. The molecule has 0 spiro atoms. The molecule has 2 nitrogen and oxygen atoms in total. The number of rotatable bonds is 2. The standard InChI is InChI=1S/C6H8O2.K/c1-2-3-4-5-6(7)8;/h2-5H,1H3,(H,7,8);/b3-2-,5-4+;. The van der Waals surface area contributed by atoms with E-state index in [0.29, 0.717) is 0 Å². The minimum atomic E-state index is -0.914. The van der Waals surface area contributed by atoms with Gasteiger partial charge in [-0.25, -0.2) is 4.79 Å². The van der Waals surface area contributed by atoms with E-state index in [0.717, 1.165) is 6.08 Å². The number of carboxylic acids is 1. The average Bonchev–Trinajstić information content (AvgIpc) is 1.66. The summed E-state index contributed by atoms with van der Waals surface area (Å²) < 4.78 is 0. The second-order valence-electron chi connectivity index (χ2n) is 1.22. The van der Waals surface area contributed by atoms with Gasteiger partial charge in [-0.3, -0.25) is 0 Å². The molecule has 0 aliphatic carbocycles. The van der Waals surface area contributed by atoms with Crippen molar-refractivity contribution in [2.24, 2.45) is 0 Å². The molecule has 0 unspecified atom stereocenters. The zero-order valence-electron chi connectivity index (χ0n) is 5.66. The van der Waals surface area contributed by atoms with E-state index in [1.807, 2.05) is 6.92 Å². The summed E-state index contributed by atoms with van der Waals surface area (Å²) in [6.45, 7) is 1.83. The molecule has 1 N–H and O–H groups in total. The molecule has 3 heteroatoms. The topological polar surface area (TPSA) is 37.3 Å². The van der Waals surface area contributed by atoms with E-state index in [2.05, 4.69) is 0 Å². The molecule has 0 bridgehead atoms. The van der Waals surface area contributed by atoms with Crippen molar-refractivity contribution in [3.8, 4) is 0 Å². The van der Waals surface area contributed by atoms with Crippen LogP contribution < -0.4 is 0 Å². The number of allylic oxidation sites excluding steroid dienone is 3. The van der Waals surface area contributed by atoms with Crippen molar-refractivity contribution >= 4 is 57.4 Å². The number of aliphatic carboxylic acids is 1. The average molecular weight is 151 g/mol. The Morgan fingerprint density at radius 1 is 1.44 bits per heavy atom. The first kappa shape index (κ1) is 12.3. The van der Waals surface area contributed by atoms with E-state index in [1.165, 1.54) is 6.08 Å². The van der Waals surface area contributed by atoms with Gasteiger partial charge in [0.15, 0.2) is 0 Å². The van der Waals surface area contributed by atoms with Gasteiger partial charge in [0.2, 0.25) is 0 Å². The number of carbonyl (C=O) groups is 1. The fourth-order valence-corrected chi connectivity index (χ4v) is 0.249. The molecule has 0 saturated heterocycles. The molecule has 45 valence electrons. The Kier molecular flexibility index (Phi) is 11.7. The fourth-order valence-electron chi connectivity index (χ4n) is 0.249. The van der Waals surface area contributed by atoms with Gasteiger partial charge in [0.1, 0.15) is 0 Å². The van der Waals surface area contributed by atoms with E-state index in [9.17, 15) is 4.79 Å². The van der Waals surface area contributed by atoms with Gasteiger partial charge >= 0.3 is 5.97 Å². The van der Waals surface area contributed by atoms with E-state index in [-0.39, 0.29) is 51.4 Å². The summed E-state index contributed by atoms with van der Waals surface area (Å²) in [6, 6.07) is 0. The summed E-state index contributed by atoms with van der Waals surface area (Å²) >= 11 is 0. The van der Waals surface area contributed by atoms with E-state index >= 15 is 0 Å². The number of hydrogen-bond donors (Lipinski definition) is 1. The summed E-state index contributed by atoms with van der Waals surface area (Å²) in [5, 5.41) is 8.02. The van der Waals surface area contributed by atoms with Crippen molar-refractivity contribution in [3.63, 3.8) is 0 Å². The molecule has 0 saturated carbocycles. The van der Waals surface area contributed by atoms with Crippen LogP contribution in [0.3, 0.4) is 0 Å². The van der Waals surface area contributed by atoms with Crippen LogP contribution in [0.25, 0.3) is 0 Å². The predicted molar refractivity (Wildman–Crippen MR) is 37.3 cm³/mol. The summed E-state index contributed by atoms with van der Waals surface area (Å²) in [5.74, 6) is -0.914. The van der Waals surface area contributed by atoms with Crippen molar-refractivity contribution in [2.75, 3.05) is 0 Å². The molecular formula is C6H8KO2. The van der Waals surface area contributed by atoms with E-state index < -0.39 is 5.97 Å². The van der Waals surface area contributed by atoms with Crippen LogP contribution in [0.1, 0.15) is 6.92 Å². The van der Waals surface area contributed by atoms with Crippen molar-refractivity contribution in [1.29, 1.82) is 0 Å². The van der Waals surface area contributed by atoms with Crippen molar-refractivity contribution < 1.29 is 9.90 Å². The van der Waals surface area contributed by atoms with E-state index in [4.69, 9.17) is 5.11 Å². The monoisotopic (exact) mass is 151 g/mol. The van der Waals surface area contributed by atoms with E-state index in [1.54, 1.807) is 12.2 Å². The SMILES string of the molecule is C/C=C\C=C\C(=O)O.[K]. The van der Waals surface area contributed by atoms with Gasteiger partial charge in [-0.2, -0.15) is 0 Å². The number of hydrogen-bond acceptors (Lipinski definition) is 1. The minimum Gasteiger partial charge on any atom is -0.478 e. The molecule has 0 aromatic rings. The van der Waals surface area contributed by atoms with Crippen LogP contribution in [0, 0.1) is 0 Å².